The highest BCUT2D eigenvalue weighted by atomic mass is 127. The van der Waals surface area contributed by atoms with Crippen molar-refractivity contribution in [2.45, 2.75) is 32.7 Å². The highest BCUT2D eigenvalue weighted by molar-refractivity contribution is 14.0. The Hall–Kier alpha value is -1.06. The van der Waals surface area contributed by atoms with Gasteiger partial charge < -0.3 is 20.1 Å². The summed E-state index contributed by atoms with van der Waals surface area (Å²) >= 11 is 0. The number of halogens is 1. The quantitative estimate of drug-likeness (QED) is 0.333. The molecule has 154 valence electrons. The normalized spacial score (nSPS) is 15.8. The fourth-order valence-corrected chi connectivity index (χ4v) is 3.00. The van der Waals surface area contributed by atoms with E-state index < -0.39 is 0 Å². The smallest absolute Gasteiger partial charge is 0.191 e. The van der Waals surface area contributed by atoms with Crippen LogP contribution in [0.3, 0.4) is 0 Å². The van der Waals surface area contributed by atoms with E-state index >= 15 is 0 Å². The molecule has 1 aliphatic heterocycles. The van der Waals surface area contributed by atoms with E-state index in [1.807, 2.05) is 12.1 Å². The molecule has 0 amide bonds. The average molecular weight is 490 g/mol. The van der Waals surface area contributed by atoms with Crippen molar-refractivity contribution >= 4 is 29.9 Å². The third-order valence-electron chi connectivity index (χ3n) is 4.70. The number of methoxy groups -OCH3 is 1. The van der Waals surface area contributed by atoms with E-state index in [0.717, 1.165) is 64.1 Å². The SMILES string of the molecule is CCNC(=NCC(C)(C)N1CCOCC1)NCCc1ccc(OC)cc1.I. The summed E-state index contributed by atoms with van der Waals surface area (Å²) in [5.74, 6) is 1.77. The van der Waals surface area contributed by atoms with Crippen LogP contribution in [0, 0.1) is 0 Å². The van der Waals surface area contributed by atoms with Crippen LogP contribution in [0.5, 0.6) is 5.75 Å². The highest BCUT2D eigenvalue weighted by Gasteiger charge is 2.28. The molecule has 0 spiro atoms. The maximum absolute atomic E-state index is 5.46. The van der Waals surface area contributed by atoms with E-state index in [-0.39, 0.29) is 29.5 Å². The minimum Gasteiger partial charge on any atom is -0.497 e. The molecule has 1 aromatic carbocycles. The molecule has 2 N–H and O–H groups in total. The molecule has 1 saturated heterocycles. The number of nitrogens with zero attached hydrogens (tertiary/aromatic N) is 2. The Labute approximate surface area is 181 Å². The minimum absolute atomic E-state index is 0. The molecule has 1 aromatic rings. The number of guanidine groups is 1. The molecule has 0 aromatic heterocycles. The number of rotatable bonds is 8. The molecule has 0 radical (unpaired) electrons. The van der Waals surface area contributed by atoms with Crippen molar-refractivity contribution in [1.82, 2.24) is 15.5 Å². The molecule has 2 rings (SSSR count). The maximum Gasteiger partial charge on any atom is 0.191 e. The number of aliphatic imine (C=N–C) groups is 1. The van der Waals surface area contributed by atoms with Crippen LogP contribution < -0.4 is 15.4 Å². The summed E-state index contributed by atoms with van der Waals surface area (Å²) in [6.45, 7) is 12.6. The average Bonchev–Trinajstić information content (AvgIpc) is 2.67. The first-order valence-corrected chi connectivity index (χ1v) is 9.53. The molecule has 6 nitrogen and oxygen atoms in total. The van der Waals surface area contributed by atoms with Crippen molar-refractivity contribution in [2.24, 2.45) is 4.99 Å². The lowest BCUT2D eigenvalue weighted by Gasteiger charge is -2.39. The van der Waals surface area contributed by atoms with Crippen molar-refractivity contribution in [3.63, 3.8) is 0 Å². The lowest BCUT2D eigenvalue weighted by atomic mass is 10.0. The molecule has 0 saturated carbocycles. The van der Waals surface area contributed by atoms with Crippen LogP contribution in [0.1, 0.15) is 26.3 Å². The van der Waals surface area contributed by atoms with Crippen molar-refractivity contribution < 1.29 is 9.47 Å². The summed E-state index contributed by atoms with van der Waals surface area (Å²) in [4.78, 5) is 7.27. The first kappa shape index (κ1) is 24.0. The summed E-state index contributed by atoms with van der Waals surface area (Å²) < 4.78 is 10.7. The molecule has 27 heavy (non-hydrogen) atoms. The number of morpholine rings is 1. The fraction of sp³-hybridized carbons (Fsp3) is 0.650. The number of hydrogen-bond donors (Lipinski definition) is 2. The van der Waals surface area contributed by atoms with Gasteiger partial charge in [0.25, 0.3) is 0 Å². The molecular weight excluding hydrogens is 455 g/mol. The van der Waals surface area contributed by atoms with Crippen LogP contribution in [0.25, 0.3) is 0 Å². The minimum atomic E-state index is 0. The molecule has 0 aliphatic carbocycles. The van der Waals surface area contributed by atoms with Gasteiger partial charge in [0.1, 0.15) is 5.75 Å². The Morgan fingerprint density at radius 1 is 1.19 bits per heavy atom. The monoisotopic (exact) mass is 490 g/mol. The Kier molecular flexibility index (Phi) is 11.0. The van der Waals surface area contributed by atoms with Gasteiger partial charge in [-0.15, -0.1) is 24.0 Å². The van der Waals surface area contributed by atoms with Gasteiger partial charge in [0.15, 0.2) is 5.96 Å². The van der Waals surface area contributed by atoms with E-state index in [0.29, 0.717) is 0 Å². The van der Waals surface area contributed by atoms with Crippen LogP contribution in [0.4, 0.5) is 0 Å². The molecule has 1 aliphatic rings. The molecular formula is C20H35IN4O2. The van der Waals surface area contributed by atoms with Gasteiger partial charge in [-0.3, -0.25) is 9.89 Å². The summed E-state index contributed by atoms with van der Waals surface area (Å²) in [7, 11) is 1.69. The topological polar surface area (TPSA) is 58.1 Å². The van der Waals surface area contributed by atoms with Gasteiger partial charge in [-0.2, -0.15) is 0 Å². The van der Waals surface area contributed by atoms with E-state index in [1.165, 1.54) is 5.56 Å². The number of hydrogen-bond acceptors (Lipinski definition) is 4. The van der Waals surface area contributed by atoms with Crippen molar-refractivity contribution in [1.29, 1.82) is 0 Å². The van der Waals surface area contributed by atoms with E-state index in [1.54, 1.807) is 7.11 Å². The van der Waals surface area contributed by atoms with Crippen LogP contribution >= 0.6 is 24.0 Å². The highest BCUT2D eigenvalue weighted by Crippen LogP contribution is 2.16. The van der Waals surface area contributed by atoms with Crippen LogP contribution in [0.2, 0.25) is 0 Å². The first-order chi connectivity index (χ1) is 12.5. The second-order valence-electron chi connectivity index (χ2n) is 7.13. The predicted octanol–water partition coefficient (Wildman–Crippen LogP) is 2.52. The molecule has 7 heteroatoms. The standard InChI is InChI=1S/C20H34N4O2.HI/c1-5-21-19(22-11-10-17-6-8-18(25-4)9-7-17)23-16-20(2,3)24-12-14-26-15-13-24;/h6-9H,5,10-16H2,1-4H3,(H2,21,22,23);1H. The van der Waals surface area contributed by atoms with Crippen molar-refractivity contribution in [3.05, 3.63) is 29.8 Å². The molecule has 1 heterocycles. The van der Waals surface area contributed by atoms with Gasteiger partial charge in [-0.1, -0.05) is 12.1 Å². The van der Waals surface area contributed by atoms with Crippen LogP contribution in [-0.2, 0) is 11.2 Å². The third-order valence-corrected chi connectivity index (χ3v) is 4.70. The summed E-state index contributed by atoms with van der Waals surface area (Å²) in [6, 6.07) is 8.21. The largest absolute Gasteiger partial charge is 0.497 e. The first-order valence-electron chi connectivity index (χ1n) is 9.53. The zero-order valence-corrected chi connectivity index (χ0v) is 19.4. The fourth-order valence-electron chi connectivity index (χ4n) is 3.00. The van der Waals surface area contributed by atoms with Gasteiger partial charge in [-0.25, -0.2) is 0 Å². The van der Waals surface area contributed by atoms with Gasteiger partial charge in [0.05, 0.1) is 26.9 Å². The number of nitrogens with one attached hydrogen (secondary N) is 2. The van der Waals surface area contributed by atoms with Gasteiger partial charge in [-0.05, 0) is 44.9 Å². The van der Waals surface area contributed by atoms with E-state index in [2.05, 4.69) is 48.4 Å². The summed E-state index contributed by atoms with van der Waals surface area (Å²) in [5.41, 5.74) is 1.31. The second kappa shape index (κ2) is 12.4. The lowest BCUT2D eigenvalue weighted by Crippen LogP contribution is -2.52. The lowest BCUT2D eigenvalue weighted by molar-refractivity contribution is -0.00683. The van der Waals surface area contributed by atoms with Crippen molar-refractivity contribution in [3.8, 4) is 5.75 Å². The predicted molar refractivity (Wildman–Crippen MR) is 123 cm³/mol. The van der Waals surface area contributed by atoms with E-state index in [4.69, 9.17) is 14.5 Å². The number of benzene rings is 1. The molecule has 0 atom stereocenters. The Balaban J connectivity index is 0.00000364. The Morgan fingerprint density at radius 3 is 2.44 bits per heavy atom. The summed E-state index contributed by atoms with van der Waals surface area (Å²) in [6.07, 6.45) is 0.946. The van der Waals surface area contributed by atoms with Crippen molar-refractivity contribution in [2.75, 3.05) is 53.0 Å². The zero-order valence-electron chi connectivity index (χ0n) is 17.1. The summed E-state index contributed by atoms with van der Waals surface area (Å²) in [5, 5.41) is 6.78. The van der Waals surface area contributed by atoms with Gasteiger partial charge in [0, 0.05) is 31.7 Å². The number of ether oxygens (including phenoxy) is 2. The Bertz CT molecular complexity index is 558. The molecule has 0 unspecified atom stereocenters. The van der Waals surface area contributed by atoms with Gasteiger partial charge in [0.2, 0.25) is 0 Å². The maximum atomic E-state index is 5.46. The zero-order chi connectivity index (χ0) is 18.8. The second-order valence-corrected chi connectivity index (χ2v) is 7.13. The van der Waals surface area contributed by atoms with E-state index in [9.17, 15) is 0 Å². The van der Waals surface area contributed by atoms with Crippen LogP contribution in [-0.4, -0.2) is 69.4 Å². The Morgan fingerprint density at radius 2 is 1.85 bits per heavy atom. The van der Waals surface area contributed by atoms with Gasteiger partial charge >= 0.3 is 0 Å². The van der Waals surface area contributed by atoms with Crippen LogP contribution in [0.15, 0.2) is 29.3 Å². The molecule has 1 fully saturated rings. The third kappa shape index (κ3) is 8.23. The molecule has 0 bridgehead atoms.